The summed E-state index contributed by atoms with van der Waals surface area (Å²) in [6, 6.07) is 13.3. The second-order valence-corrected chi connectivity index (χ2v) is 5.95. The van der Waals surface area contributed by atoms with Gasteiger partial charge in [-0.2, -0.15) is 0 Å². The highest BCUT2D eigenvalue weighted by Gasteiger charge is 2.07. The number of hydrogen-bond acceptors (Lipinski definition) is 3. The minimum absolute atomic E-state index is 0.0565. The molecular formula is C17H18INO3. The molecule has 22 heavy (non-hydrogen) atoms. The van der Waals surface area contributed by atoms with E-state index in [4.69, 9.17) is 9.47 Å². The highest BCUT2D eigenvalue weighted by Crippen LogP contribution is 2.27. The van der Waals surface area contributed by atoms with Crippen LogP contribution in [-0.4, -0.2) is 26.7 Å². The summed E-state index contributed by atoms with van der Waals surface area (Å²) in [6.07, 6.45) is 0.732. The first kappa shape index (κ1) is 16.6. The number of nitrogens with one attached hydrogen (secondary N) is 1. The Balaban J connectivity index is 1.92. The molecule has 0 aromatic heterocycles. The molecule has 0 saturated heterocycles. The second-order valence-electron chi connectivity index (χ2n) is 4.71. The Morgan fingerprint density at radius 3 is 2.55 bits per heavy atom. The Morgan fingerprint density at radius 1 is 1.09 bits per heavy atom. The zero-order chi connectivity index (χ0) is 15.9. The third kappa shape index (κ3) is 4.37. The average Bonchev–Trinajstić information content (AvgIpc) is 2.54. The van der Waals surface area contributed by atoms with Crippen LogP contribution in [0, 0.1) is 3.57 Å². The van der Waals surface area contributed by atoms with Gasteiger partial charge in [0.05, 0.1) is 14.2 Å². The number of carbonyl (C=O) groups is 1. The van der Waals surface area contributed by atoms with Crippen LogP contribution in [0.25, 0.3) is 0 Å². The van der Waals surface area contributed by atoms with Gasteiger partial charge in [0.1, 0.15) is 0 Å². The summed E-state index contributed by atoms with van der Waals surface area (Å²) < 4.78 is 11.5. The number of methoxy groups -OCH3 is 2. The van der Waals surface area contributed by atoms with Crippen molar-refractivity contribution in [3.8, 4) is 11.5 Å². The van der Waals surface area contributed by atoms with Crippen molar-refractivity contribution in [3.63, 3.8) is 0 Å². The van der Waals surface area contributed by atoms with Crippen molar-refractivity contribution in [1.29, 1.82) is 0 Å². The SMILES string of the molecule is COc1ccc(CCNC(=O)c2cccc(I)c2)cc1OC. The molecule has 1 amide bonds. The van der Waals surface area contributed by atoms with Crippen LogP contribution in [0.1, 0.15) is 15.9 Å². The first-order valence-electron chi connectivity index (χ1n) is 6.88. The smallest absolute Gasteiger partial charge is 0.251 e. The van der Waals surface area contributed by atoms with E-state index in [1.165, 1.54) is 0 Å². The molecule has 0 aliphatic carbocycles. The largest absolute Gasteiger partial charge is 0.493 e. The van der Waals surface area contributed by atoms with E-state index >= 15 is 0 Å². The van der Waals surface area contributed by atoms with Crippen LogP contribution in [0.2, 0.25) is 0 Å². The predicted octanol–water partition coefficient (Wildman–Crippen LogP) is 3.28. The minimum atomic E-state index is -0.0565. The molecule has 0 aliphatic heterocycles. The van der Waals surface area contributed by atoms with Crippen molar-refractivity contribution in [2.75, 3.05) is 20.8 Å². The molecule has 0 unspecified atom stereocenters. The van der Waals surface area contributed by atoms with Gasteiger partial charge in [-0.1, -0.05) is 12.1 Å². The molecule has 0 radical (unpaired) electrons. The second kappa shape index (κ2) is 8.03. The van der Waals surface area contributed by atoms with Gasteiger partial charge in [-0.3, -0.25) is 4.79 Å². The Labute approximate surface area is 144 Å². The Hall–Kier alpha value is -1.76. The first-order valence-corrected chi connectivity index (χ1v) is 7.96. The highest BCUT2D eigenvalue weighted by atomic mass is 127. The molecule has 0 atom stereocenters. The van der Waals surface area contributed by atoms with E-state index in [0.29, 0.717) is 23.6 Å². The number of benzene rings is 2. The number of rotatable bonds is 6. The molecule has 2 aromatic carbocycles. The van der Waals surface area contributed by atoms with Crippen LogP contribution in [-0.2, 0) is 6.42 Å². The van der Waals surface area contributed by atoms with E-state index in [2.05, 4.69) is 27.9 Å². The maximum Gasteiger partial charge on any atom is 0.251 e. The van der Waals surface area contributed by atoms with Crippen molar-refractivity contribution < 1.29 is 14.3 Å². The Morgan fingerprint density at radius 2 is 1.86 bits per heavy atom. The van der Waals surface area contributed by atoms with Gasteiger partial charge >= 0.3 is 0 Å². The molecule has 2 rings (SSSR count). The normalized spacial score (nSPS) is 10.1. The maximum absolute atomic E-state index is 12.1. The molecule has 4 nitrogen and oxygen atoms in total. The van der Waals surface area contributed by atoms with Gasteiger partial charge in [-0.15, -0.1) is 0 Å². The minimum Gasteiger partial charge on any atom is -0.493 e. The monoisotopic (exact) mass is 411 g/mol. The predicted molar refractivity (Wildman–Crippen MR) is 94.7 cm³/mol. The molecular weight excluding hydrogens is 393 g/mol. The van der Waals surface area contributed by atoms with E-state index in [0.717, 1.165) is 15.6 Å². The molecule has 0 spiro atoms. The lowest BCUT2D eigenvalue weighted by molar-refractivity contribution is 0.0954. The summed E-state index contributed by atoms with van der Waals surface area (Å²) in [4.78, 5) is 12.1. The van der Waals surface area contributed by atoms with Gasteiger partial charge in [0.15, 0.2) is 11.5 Å². The zero-order valence-corrected chi connectivity index (χ0v) is 14.7. The molecule has 5 heteroatoms. The van der Waals surface area contributed by atoms with Crippen molar-refractivity contribution in [2.24, 2.45) is 0 Å². The number of amides is 1. The lowest BCUT2D eigenvalue weighted by atomic mass is 10.1. The molecule has 1 N–H and O–H groups in total. The molecule has 0 saturated carbocycles. The Bertz CT molecular complexity index is 658. The number of carbonyl (C=O) groups excluding carboxylic acids is 1. The van der Waals surface area contributed by atoms with Crippen molar-refractivity contribution in [2.45, 2.75) is 6.42 Å². The Kier molecular flexibility index (Phi) is 6.06. The molecule has 2 aromatic rings. The van der Waals surface area contributed by atoms with Gasteiger partial charge in [-0.05, 0) is 64.9 Å². The van der Waals surface area contributed by atoms with Crippen LogP contribution >= 0.6 is 22.6 Å². The van der Waals surface area contributed by atoms with Gasteiger partial charge in [-0.25, -0.2) is 0 Å². The van der Waals surface area contributed by atoms with E-state index in [9.17, 15) is 4.79 Å². The summed E-state index contributed by atoms with van der Waals surface area (Å²) in [5.41, 5.74) is 1.76. The molecule has 116 valence electrons. The fraction of sp³-hybridized carbons (Fsp3) is 0.235. The first-order chi connectivity index (χ1) is 10.6. The van der Waals surface area contributed by atoms with E-state index in [-0.39, 0.29) is 5.91 Å². The molecule has 0 fully saturated rings. The fourth-order valence-electron chi connectivity index (χ4n) is 2.09. The lowest BCUT2D eigenvalue weighted by Crippen LogP contribution is -2.25. The third-order valence-electron chi connectivity index (χ3n) is 3.23. The summed E-state index contributed by atoms with van der Waals surface area (Å²) >= 11 is 2.19. The quantitative estimate of drug-likeness (QED) is 0.743. The van der Waals surface area contributed by atoms with E-state index in [1.54, 1.807) is 14.2 Å². The van der Waals surface area contributed by atoms with Gasteiger partial charge in [0.2, 0.25) is 0 Å². The molecule has 0 bridgehead atoms. The van der Waals surface area contributed by atoms with E-state index in [1.807, 2.05) is 42.5 Å². The summed E-state index contributed by atoms with van der Waals surface area (Å²) in [5.74, 6) is 1.34. The van der Waals surface area contributed by atoms with Crippen molar-refractivity contribution in [1.82, 2.24) is 5.32 Å². The topological polar surface area (TPSA) is 47.6 Å². The van der Waals surface area contributed by atoms with Crippen molar-refractivity contribution >= 4 is 28.5 Å². The van der Waals surface area contributed by atoms with Gasteiger partial charge < -0.3 is 14.8 Å². The molecule has 0 aliphatic rings. The highest BCUT2D eigenvalue weighted by molar-refractivity contribution is 14.1. The zero-order valence-electron chi connectivity index (χ0n) is 12.6. The van der Waals surface area contributed by atoms with E-state index < -0.39 is 0 Å². The summed E-state index contributed by atoms with van der Waals surface area (Å²) in [7, 11) is 3.22. The number of ether oxygens (including phenoxy) is 2. The summed E-state index contributed by atoms with van der Waals surface area (Å²) in [5, 5.41) is 2.93. The van der Waals surface area contributed by atoms with Gasteiger partial charge in [0, 0.05) is 15.7 Å². The molecule has 0 heterocycles. The van der Waals surface area contributed by atoms with Crippen LogP contribution in [0.5, 0.6) is 11.5 Å². The fourth-order valence-corrected chi connectivity index (χ4v) is 2.63. The standard InChI is InChI=1S/C17H18INO3/c1-21-15-7-6-12(10-16(15)22-2)8-9-19-17(20)13-4-3-5-14(18)11-13/h3-7,10-11H,8-9H2,1-2H3,(H,19,20). The summed E-state index contributed by atoms with van der Waals surface area (Å²) in [6.45, 7) is 0.569. The third-order valence-corrected chi connectivity index (χ3v) is 3.90. The van der Waals surface area contributed by atoms with Crippen LogP contribution in [0.15, 0.2) is 42.5 Å². The van der Waals surface area contributed by atoms with Crippen molar-refractivity contribution in [3.05, 3.63) is 57.2 Å². The number of halogens is 1. The van der Waals surface area contributed by atoms with Crippen LogP contribution in [0.4, 0.5) is 0 Å². The van der Waals surface area contributed by atoms with Crippen LogP contribution < -0.4 is 14.8 Å². The van der Waals surface area contributed by atoms with Gasteiger partial charge in [0.25, 0.3) is 5.91 Å². The number of hydrogen-bond donors (Lipinski definition) is 1. The maximum atomic E-state index is 12.1. The van der Waals surface area contributed by atoms with Crippen LogP contribution in [0.3, 0.4) is 0 Å². The average molecular weight is 411 g/mol. The lowest BCUT2D eigenvalue weighted by Gasteiger charge is -2.10.